The van der Waals surface area contributed by atoms with Gasteiger partial charge in [-0.15, -0.1) is 0 Å². The van der Waals surface area contributed by atoms with Crippen molar-refractivity contribution in [1.29, 1.82) is 0 Å². The van der Waals surface area contributed by atoms with Gasteiger partial charge in [-0.1, -0.05) is 20.4 Å². The average molecular weight is 445 g/mol. The van der Waals surface area contributed by atoms with E-state index in [2.05, 4.69) is 11.3 Å². The third kappa shape index (κ3) is 11.0. The van der Waals surface area contributed by atoms with E-state index < -0.39 is 22.9 Å². The van der Waals surface area contributed by atoms with Crippen LogP contribution in [0.25, 0.3) is 0 Å². The van der Waals surface area contributed by atoms with E-state index in [9.17, 15) is 24.3 Å². The van der Waals surface area contributed by atoms with Crippen molar-refractivity contribution in [1.82, 2.24) is 0 Å². The van der Waals surface area contributed by atoms with Crippen molar-refractivity contribution in [3.05, 3.63) is 12.7 Å². The van der Waals surface area contributed by atoms with Gasteiger partial charge in [0.1, 0.15) is 32.0 Å². The Morgan fingerprint density at radius 2 is 1.61 bits per heavy atom. The van der Waals surface area contributed by atoms with E-state index in [1.165, 1.54) is 0 Å². The first-order valence-electron chi connectivity index (χ1n) is 10.3. The molecule has 0 saturated carbocycles. The molecule has 0 bridgehead atoms. The molecule has 1 heterocycles. The van der Waals surface area contributed by atoms with Gasteiger partial charge in [0.2, 0.25) is 0 Å². The van der Waals surface area contributed by atoms with Crippen LogP contribution in [0.4, 0.5) is 0 Å². The quantitative estimate of drug-likeness (QED) is 0.307. The Balaban J connectivity index is 0.000000590. The lowest BCUT2D eigenvalue weighted by Crippen LogP contribution is -2.31. The molecule has 9 heteroatoms. The predicted octanol–water partition coefficient (Wildman–Crippen LogP) is 2.34. The summed E-state index contributed by atoms with van der Waals surface area (Å²) in [6.45, 7) is 14.0. The van der Waals surface area contributed by atoms with Crippen molar-refractivity contribution < 1.29 is 43.2 Å². The van der Waals surface area contributed by atoms with Crippen molar-refractivity contribution in [2.75, 3.05) is 19.8 Å². The molecule has 9 nitrogen and oxygen atoms in total. The highest BCUT2D eigenvalue weighted by atomic mass is 16.6. The smallest absolute Gasteiger partial charge is 0.330 e. The fraction of sp³-hybridized carbons (Fsp3) is 0.727. The molecule has 2 unspecified atom stereocenters. The molecular formula is C22H36O9. The second-order valence-corrected chi connectivity index (χ2v) is 8.48. The number of cyclic esters (lactones) is 1. The number of rotatable bonds is 10. The van der Waals surface area contributed by atoms with Crippen molar-refractivity contribution in [2.45, 2.75) is 73.0 Å². The highest BCUT2D eigenvalue weighted by Crippen LogP contribution is 2.24. The van der Waals surface area contributed by atoms with Crippen LogP contribution < -0.4 is 0 Å². The Morgan fingerprint density at radius 1 is 1.10 bits per heavy atom. The molecule has 0 aliphatic carbocycles. The van der Waals surface area contributed by atoms with Crippen LogP contribution in [0.5, 0.6) is 0 Å². The summed E-state index contributed by atoms with van der Waals surface area (Å²) in [6.07, 6.45) is 1.14. The summed E-state index contributed by atoms with van der Waals surface area (Å²) in [5.41, 5.74) is -1.05. The highest BCUT2D eigenvalue weighted by Gasteiger charge is 2.33. The molecule has 1 fully saturated rings. The minimum absolute atomic E-state index is 0.186. The first kappa shape index (κ1) is 28.6. The zero-order chi connectivity index (χ0) is 24.2. The maximum atomic E-state index is 11.6. The number of hydrogen-bond donors (Lipinski definition) is 1. The van der Waals surface area contributed by atoms with Crippen LogP contribution in [-0.2, 0) is 38.1 Å². The van der Waals surface area contributed by atoms with Crippen LogP contribution >= 0.6 is 0 Å². The molecule has 1 saturated heterocycles. The molecule has 0 radical (unpaired) electrons. The number of carbonyl (C=O) groups is 4. The van der Waals surface area contributed by atoms with Gasteiger partial charge in [-0.3, -0.25) is 14.4 Å². The average Bonchev–Trinajstić information content (AvgIpc) is 3.14. The summed E-state index contributed by atoms with van der Waals surface area (Å²) in [7, 11) is 0. The third-order valence-electron chi connectivity index (χ3n) is 4.96. The van der Waals surface area contributed by atoms with Crippen LogP contribution in [0.2, 0.25) is 0 Å². The first-order valence-corrected chi connectivity index (χ1v) is 10.3. The van der Waals surface area contributed by atoms with Gasteiger partial charge in [-0.2, -0.15) is 0 Å². The van der Waals surface area contributed by atoms with E-state index in [1.54, 1.807) is 13.8 Å². The minimum atomic E-state index is -1.02. The van der Waals surface area contributed by atoms with E-state index in [4.69, 9.17) is 14.2 Å². The number of hydrogen-bond acceptors (Lipinski definition) is 9. The Labute approximate surface area is 184 Å². The van der Waals surface area contributed by atoms with Crippen LogP contribution in [0, 0.1) is 10.8 Å². The zero-order valence-electron chi connectivity index (χ0n) is 19.4. The van der Waals surface area contributed by atoms with E-state index in [0.717, 1.165) is 6.08 Å². The first-order chi connectivity index (χ1) is 14.3. The van der Waals surface area contributed by atoms with E-state index in [0.29, 0.717) is 12.8 Å². The lowest BCUT2D eigenvalue weighted by atomic mass is 9.90. The zero-order valence-corrected chi connectivity index (χ0v) is 19.4. The predicted molar refractivity (Wildman–Crippen MR) is 112 cm³/mol. The maximum Gasteiger partial charge on any atom is 0.330 e. The number of ether oxygens (including phenoxy) is 4. The largest absolute Gasteiger partial charge is 0.462 e. The fourth-order valence-corrected chi connectivity index (χ4v) is 1.82. The maximum absolute atomic E-state index is 11.6. The van der Waals surface area contributed by atoms with Gasteiger partial charge in [0.15, 0.2) is 0 Å². The molecule has 0 aromatic heterocycles. The van der Waals surface area contributed by atoms with Gasteiger partial charge in [0, 0.05) is 6.08 Å². The lowest BCUT2D eigenvalue weighted by molar-refractivity contribution is -0.160. The summed E-state index contributed by atoms with van der Waals surface area (Å²) >= 11 is 0. The van der Waals surface area contributed by atoms with Gasteiger partial charge in [-0.25, -0.2) is 4.79 Å². The van der Waals surface area contributed by atoms with Crippen molar-refractivity contribution >= 4 is 23.9 Å². The monoisotopic (exact) mass is 444 g/mol. The Hall–Kier alpha value is -2.42. The number of carbonyl (C=O) groups excluding carboxylic acids is 4. The molecule has 1 aliphatic heterocycles. The topological polar surface area (TPSA) is 125 Å². The van der Waals surface area contributed by atoms with E-state index in [1.807, 2.05) is 27.7 Å². The summed E-state index contributed by atoms with van der Waals surface area (Å²) in [6, 6.07) is 0. The van der Waals surface area contributed by atoms with Crippen LogP contribution in [0.3, 0.4) is 0 Å². The SMILES string of the molecule is C=CC(=O)OCC(O)COC(=O)C(C)(C)CC.CCC(C)(C)C(=O)OC1COC(=O)C1. The Kier molecular flexibility index (Phi) is 12.1. The second kappa shape index (κ2) is 13.1. The molecule has 2 atom stereocenters. The molecule has 0 amide bonds. The summed E-state index contributed by atoms with van der Waals surface area (Å²) in [5, 5.41) is 9.39. The normalized spacial score (nSPS) is 16.9. The van der Waals surface area contributed by atoms with E-state index in [-0.39, 0.29) is 50.3 Å². The summed E-state index contributed by atoms with van der Waals surface area (Å²) in [5.74, 6) is -1.56. The van der Waals surface area contributed by atoms with Crippen LogP contribution in [0.1, 0.15) is 60.8 Å². The van der Waals surface area contributed by atoms with Gasteiger partial charge < -0.3 is 24.1 Å². The fourth-order valence-electron chi connectivity index (χ4n) is 1.82. The molecule has 1 rings (SSSR count). The molecule has 31 heavy (non-hydrogen) atoms. The molecular weight excluding hydrogens is 408 g/mol. The van der Waals surface area contributed by atoms with E-state index >= 15 is 0 Å². The molecule has 0 aromatic carbocycles. The van der Waals surface area contributed by atoms with Crippen molar-refractivity contribution in [3.63, 3.8) is 0 Å². The van der Waals surface area contributed by atoms with Gasteiger partial charge in [0.25, 0.3) is 0 Å². The minimum Gasteiger partial charge on any atom is -0.462 e. The standard InChI is InChI=1S/C12H20O5.C10H16O4/c1-5-10(14)16-7-9(13)8-17-11(15)12(3,4)6-2;1-4-10(2,3)9(12)14-7-5-8(11)13-6-7/h5,9,13H,1,6-8H2,2-4H3;7H,4-6H2,1-3H3. The van der Waals surface area contributed by atoms with Crippen LogP contribution in [0.15, 0.2) is 12.7 Å². The van der Waals surface area contributed by atoms with Crippen molar-refractivity contribution in [2.24, 2.45) is 10.8 Å². The van der Waals surface area contributed by atoms with Crippen LogP contribution in [-0.4, -0.2) is 61.0 Å². The van der Waals surface area contributed by atoms with Gasteiger partial charge in [0.05, 0.1) is 17.3 Å². The molecule has 1 aliphatic rings. The summed E-state index contributed by atoms with van der Waals surface area (Å²) in [4.78, 5) is 44.5. The Morgan fingerprint density at radius 3 is 2.06 bits per heavy atom. The molecule has 1 N–H and O–H groups in total. The highest BCUT2D eigenvalue weighted by molar-refractivity contribution is 5.81. The third-order valence-corrected chi connectivity index (χ3v) is 4.96. The van der Waals surface area contributed by atoms with Crippen molar-refractivity contribution in [3.8, 4) is 0 Å². The number of aliphatic hydroxyl groups is 1. The number of aliphatic hydroxyl groups excluding tert-OH is 1. The van der Waals surface area contributed by atoms with Gasteiger partial charge in [-0.05, 0) is 40.5 Å². The molecule has 0 aromatic rings. The lowest BCUT2D eigenvalue weighted by Gasteiger charge is -2.22. The second-order valence-electron chi connectivity index (χ2n) is 8.48. The molecule has 178 valence electrons. The summed E-state index contributed by atoms with van der Waals surface area (Å²) < 4.78 is 19.4. The Bertz CT molecular complexity index is 637. The van der Waals surface area contributed by atoms with Gasteiger partial charge >= 0.3 is 23.9 Å². The number of esters is 4. The molecule has 0 spiro atoms.